The number of aromatic nitrogens is 1. The summed E-state index contributed by atoms with van der Waals surface area (Å²) in [7, 11) is -4.22. The highest BCUT2D eigenvalue weighted by molar-refractivity contribution is 7.92. The lowest BCUT2D eigenvalue weighted by molar-refractivity contribution is 0.486. The predicted octanol–water partition coefficient (Wildman–Crippen LogP) is 5.76. The van der Waals surface area contributed by atoms with E-state index < -0.39 is 26.6 Å². The fraction of sp³-hybridized carbons (Fsp3) is 0.227. The Morgan fingerprint density at radius 1 is 1.15 bits per heavy atom. The zero-order chi connectivity index (χ0) is 24.5. The van der Waals surface area contributed by atoms with Crippen molar-refractivity contribution < 1.29 is 17.2 Å². The maximum Gasteiger partial charge on any atom is 0.266 e. The average Bonchev–Trinajstić information content (AvgIpc) is 3.28. The summed E-state index contributed by atoms with van der Waals surface area (Å²) in [5, 5.41) is 4.60. The molecule has 6 nitrogen and oxygen atoms in total. The van der Waals surface area contributed by atoms with Crippen LogP contribution in [0, 0.1) is 17.6 Å². The third-order valence-corrected chi connectivity index (χ3v) is 8.10. The van der Waals surface area contributed by atoms with Gasteiger partial charge in [-0.3, -0.25) is 4.72 Å². The second kappa shape index (κ2) is 10.2. The number of benzene rings is 2. The summed E-state index contributed by atoms with van der Waals surface area (Å²) in [6.07, 6.45) is 3.47. The van der Waals surface area contributed by atoms with Gasteiger partial charge in [-0.1, -0.05) is 35.3 Å². The van der Waals surface area contributed by atoms with E-state index >= 15 is 0 Å². The van der Waals surface area contributed by atoms with Crippen molar-refractivity contribution in [2.45, 2.75) is 23.8 Å². The summed E-state index contributed by atoms with van der Waals surface area (Å²) in [6.45, 7) is 0.277. The fourth-order valence-electron chi connectivity index (χ4n) is 3.83. The molecule has 0 saturated heterocycles. The van der Waals surface area contributed by atoms with Crippen LogP contribution >= 0.6 is 34.5 Å². The molecule has 2 aromatic carbocycles. The Morgan fingerprint density at radius 2 is 1.94 bits per heavy atom. The van der Waals surface area contributed by atoms with Crippen LogP contribution < -0.4 is 15.8 Å². The van der Waals surface area contributed by atoms with Gasteiger partial charge in [-0.15, -0.1) is 11.3 Å². The van der Waals surface area contributed by atoms with Crippen LogP contribution in [0.25, 0.3) is 5.57 Å². The van der Waals surface area contributed by atoms with Crippen molar-refractivity contribution in [1.82, 2.24) is 4.98 Å². The first-order valence-electron chi connectivity index (χ1n) is 10.2. The highest BCUT2D eigenvalue weighted by Gasteiger charge is 2.27. The van der Waals surface area contributed by atoms with Gasteiger partial charge < -0.3 is 11.1 Å². The Labute approximate surface area is 209 Å². The molecule has 4 rings (SSSR count). The van der Waals surface area contributed by atoms with Crippen LogP contribution in [0.4, 0.5) is 20.3 Å². The standard InChI is InChI=1S/C22H20Cl2F2N4O2S2/c23-15-5-4-12(6-17(15)25)13-2-1-3-19(27)14(13)9-28-20-8-18(26)21(7-16(20)24)34(31,32)30-22-10-33-11-29-22/h2,4-8,10-11,14,19,28,30H,1,3,9,27H2. The van der Waals surface area contributed by atoms with E-state index in [0.29, 0.717) is 5.56 Å². The number of nitrogens with two attached hydrogens (primary N) is 1. The van der Waals surface area contributed by atoms with Crippen molar-refractivity contribution in [1.29, 1.82) is 0 Å². The van der Waals surface area contributed by atoms with Gasteiger partial charge in [0, 0.05) is 23.9 Å². The van der Waals surface area contributed by atoms with Crippen LogP contribution in [0.2, 0.25) is 10.0 Å². The topological polar surface area (TPSA) is 97.1 Å². The van der Waals surface area contributed by atoms with Gasteiger partial charge in [0.1, 0.15) is 16.5 Å². The van der Waals surface area contributed by atoms with Crippen molar-refractivity contribution in [3.63, 3.8) is 0 Å². The molecule has 0 aliphatic heterocycles. The summed E-state index contributed by atoms with van der Waals surface area (Å²) in [4.78, 5) is 3.24. The SMILES string of the molecule is NC1CCC=C(c2ccc(Cl)c(F)c2)C1CNc1cc(F)c(S(=O)(=O)Nc2cscn2)cc1Cl. The molecule has 0 fully saturated rings. The Bertz CT molecular complexity index is 1330. The highest BCUT2D eigenvalue weighted by Crippen LogP contribution is 2.35. The molecule has 180 valence electrons. The van der Waals surface area contributed by atoms with Gasteiger partial charge in [0.2, 0.25) is 0 Å². The van der Waals surface area contributed by atoms with Gasteiger partial charge in [0.05, 0.1) is 21.2 Å². The van der Waals surface area contributed by atoms with Gasteiger partial charge in [-0.25, -0.2) is 22.2 Å². The van der Waals surface area contributed by atoms with E-state index in [1.54, 1.807) is 6.07 Å². The third-order valence-electron chi connectivity index (χ3n) is 5.53. The zero-order valence-electron chi connectivity index (χ0n) is 17.6. The first-order valence-corrected chi connectivity index (χ1v) is 13.4. The Morgan fingerprint density at radius 3 is 2.65 bits per heavy atom. The number of hydrogen-bond donors (Lipinski definition) is 3. The molecule has 34 heavy (non-hydrogen) atoms. The predicted molar refractivity (Wildman–Crippen MR) is 133 cm³/mol. The number of thiazole rings is 1. The van der Waals surface area contributed by atoms with Gasteiger partial charge in [-0.2, -0.15) is 0 Å². The van der Waals surface area contributed by atoms with Crippen LogP contribution in [0.15, 0.2) is 52.2 Å². The molecule has 2 atom stereocenters. The van der Waals surface area contributed by atoms with E-state index in [4.69, 9.17) is 28.9 Å². The molecule has 1 heterocycles. The number of sulfonamides is 1. The van der Waals surface area contributed by atoms with Gasteiger partial charge >= 0.3 is 0 Å². The number of halogens is 4. The lowest BCUT2D eigenvalue weighted by Crippen LogP contribution is -2.37. The van der Waals surface area contributed by atoms with E-state index in [9.17, 15) is 17.2 Å². The molecule has 1 aliphatic rings. The fourth-order valence-corrected chi connectivity index (χ4v) is 5.89. The lowest BCUT2D eigenvalue weighted by atomic mass is 9.80. The molecule has 1 aliphatic carbocycles. The van der Waals surface area contributed by atoms with Crippen molar-refractivity contribution >= 4 is 61.6 Å². The van der Waals surface area contributed by atoms with E-state index in [0.717, 1.165) is 30.5 Å². The molecule has 0 bridgehead atoms. The monoisotopic (exact) mass is 544 g/mol. The molecule has 12 heteroatoms. The van der Waals surface area contributed by atoms with Crippen LogP contribution in [0.3, 0.4) is 0 Å². The van der Waals surface area contributed by atoms with Crippen molar-refractivity contribution in [3.8, 4) is 0 Å². The van der Waals surface area contributed by atoms with Crippen molar-refractivity contribution in [2.24, 2.45) is 11.7 Å². The second-order valence-electron chi connectivity index (χ2n) is 7.76. The molecule has 0 spiro atoms. The van der Waals surface area contributed by atoms with E-state index in [1.807, 2.05) is 6.08 Å². The number of anilines is 2. The van der Waals surface area contributed by atoms with E-state index in [1.165, 1.54) is 34.4 Å². The van der Waals surface area contributed by atoms with E-state index in [-0.39, 0.29) is 40.1 Å². The third kappa shape index (κ3) is 5.36. The Kier molecular flexibility index (Phi) is 7.44. The quantitative estimate of drug-likeness (QED) is 0.351. The molecule has 0 saturated carbocycles. The van der Waals surface area contributed by atoms with E-state index in [2.05, 4.69) is 15.0 Å². The Balaban J connectivity index is 1.55. The summed E-state index contributed by atoms with van der Waals surface area (Å²) in [5.41, 5.74) is 9.53. The minimum Gasteiger partial charge on any atom is -0.383 e. The maximum absolute atomic E-state index is 14.8. The van der Waals surface area contributed by atoms with Crippen LogP contribution in [-0.4, -0.2) is 26.0 Å². The highest BCUT2D eigenvalue weighted by atomic mass is 35.5. The van der Waals surface area contributed by atoms with Crippen LogP contribution in [-0.2, 0) is 10.0 Å². The molecule has 2 unspecified atom stereocenters. The molecule has 4 N–H and O–H groups in total. The molecular formula is C22H20Cl2F2N4O2S2. The van der Waals surface area contributed by atoms with Gasteiger partial charge in [0.25, 0.3) is 10.0 Å². The average molecular weight is 545 g/mol. The smallest absolute Gasteiger partial charge is 0.266 e. The normalized spacial score (nSPS) is 18.4. The minimum atomic E-state index is -4.22. The Hall–Kier alpha value is -2.24. The molecule has 3 aromatic rings. The number of allylic oxidation sites excluding steroid dienone is 1. The van der Waals surface area contributed by atoms with Gasteiger partial charge in [0.15, 0.2) is 5.82 Å². The zero-order valence-corrected chi connectivity index (χ0v) is 20.7. The molecule has 0 radical (unpaired) electrons. The summed E-state index contributed by atoms with van der Waals surface area (Å²) >= 11 is 13.3. The summed E-state index contributed by atoms with van der Waals surface area (Å²) in [5.74, 6) is -1.63. The van der Waals surface area contributed by atoms with Crippen molar-refractivity contribution in [2.75, 3.05) is 16.6 Å². The minimum absolute atomic E-state index is 0.0208. The summed E-state index contributed by atoms with van der Waals surface area (Å²) in [6, 6.07) is 6.42. The maximum atomic E-state index is 14.8. The molecular weight excluding hydrogens is 525 g/mol. The van der Waals surface area contributed by atoms with Crippen LogP contribution in [0.5, 0.6) is 0 Å². The number of hydrogen-bond acceptors (Lipinski definition) is 6. The first-order chi connectivity index (χ1) is 16.2. The largest absolute Gasteiger partial charge is 0.383 e. The number of rotatable bonds is 7. The molecule has 0 amide bonds. The van der Waals surface area contributed by atoms with Gasteiger partial charge in [-0.05, 0) is 48.2 Å². The lowest BCUT2D eigenvalue weighted by Gasteiger charge is -2.31. The molecule has 1 aromatic heterocycles. The number of nitrogens with one attached hydrogen (secondary N) is 2. The first kappa shape index (κ1) is 24.9. The second-order valence-corrected chi connectivity index (χ2v) is 10.9. The summed E-state index contributed by atoms with van der Waals surface area (Å²) < 4.78 is 56.2. The van der Waals surface area contributed by atoms with Crippen molar-refractivity contribution in [3.05, 3.63) is 74.5 Å². The van der Waals surface area contributed by atoms with Crippen LogP contribution in [0.1, 0.15) is 18.4 Å². The number of nitrogens with zero attached hydrogens (tertiary/aromatic N) is 1.